The van der Waals surface area contributed by atoms with Gasteiger partial charge in [0.15, 0.2) is 5.96 Å². The van der Waals surface area contributed by atoms with E-state index in [9.17, 15) is 5.11 Å². The standard InChI is InChI=1S/C22H29N3O/c1-16(2)19(15-26)23-22-24(3)20(17-11-7-5-8-12-17)21(25(22)4)18-13-9-6-10-14-18/h5-14,16,19-21,26H,15H2,1-4H3/t19-,20-,21-/m0/s1. The molecule has 0 aromatic heterocycles. The summed E-state index contributed by atoms with van der Waals surface area (Å²) in [7, 11) is 4.20. The fourth-order valence-corrected chi connectivity index (χ4v) is 3.76. The lowest BCUT2D eigenvalue weighted by atomic mass is 9.93. The molecule has 3 atom stereocenters. The molecule has 2 aromatic carbocycles. The Morgan fingerprint density at radius 1 is 0.846 bits per heavy atom. The van der Waals surface area contributed by atoms with Gasteiger partial charge in [-0.3, -0.25) is 0 Å². The summed E-state index contributed by atoms with van der Waals surface area (Å²) >= 11 is 0. The summed E-state index contributed by atoms with van der Waals surface area (Å²) in [5.74, 6) is 1.22. The number of nitrogens with zero attached hydrogens (tertiary/aromatic N) is 3. The number of aliphatic hydroxyl groups excluding tert-OH is 1. The van der Waals surface area contributed by atoms with E-state index in [-0.39, 0.29) is 24.7 Å². The first-order valence-electron chi connectivity index (χ1n) is 9.28. The summed E-state index contributed by atoms with van der Waals surface area (Å²) in [6, 6.07) is 21.4. The van der Waals surface area contributed by atoms with Crippen molar-refractivity contribution in [3.8, 4) is 0 Å². The lowest BCUT2D eigenvalue weighted by Gasteiger charge is -2.26. The largest absolute Gasteiger partial charge is 0.394 e. The van der Waals surface area contributed by atoms with Crippen molar-refractivity contribution in [2.24, 2.45) is 10.9 Å². The third-order valence-electron chi connectivity index (χ3n) is 5.28. The highest BCUT2D eigenvalue weighted by molar-refractivity contribution is 5.83. The van der Waals surface area contributed by atoms with Gasteiger partial charge in [-0.2, -0.15) is 0 Å². The molecule has 138 valence electrons. The molecule has 0 unspecified atom stereocenters. The summed E-state index contributed by atoms with van der Waals surface area (Å²) < 4.78 is 0. The fraction of sp³-hybridized carbons (Fsp3) is 0.409. The molecule has 1 saturated heterocycles. The predicted octanol–water partition coefficient (Wildman–Crippen LogP) is 3.72. The maximum absolute atomic E-state index is 9.75. The van der Waals surface area contributed by atoms with Crippen LogP contribution in [-0.2, 0) is 0 Å². The molecule has 0 aliphatic carbocycles. The van der Waals surface area contributed by atoms with E-state index >= 15 is 0 Å². The first-order chi connectivity index (χ1) is 12.5. The summed E-state index contributed by atoms with van der Waals surface area (Å²) in [6.07, 6.45) is 0. The number of rotatable bonds is 5. The molecular weight excluding hydrogens is 322 g/mol. The van der Waals surface area contributed by atoms with Gasteiger partial charge >= 0.3 is 0 Å². The van der Waals surface area contributed by atoms with Gasteiger partial charge in [-0.1, -0.05) is 74.5 Å². The van der Waals surface area contributed by atoms with Gasteiger partial charge in [-0.15, -0.1) is 0 Å². The number of hydrogen-bond acceptors (Lipinski definition) is 2. The zero-order chi connectivity index (χ0) is 18.7. The monoisotopic (exact) mass is 351 g/mol. The van der Waals surface area contributed by atoms with Crippen molar-refractivity contribution in [2.75, 3.05) is 20.7 Å². The topological polar surface area (TPSA) is 39.1 Å². The highest BCUT2D eigenvalue weighted by Gasteiger charge is 2.42. The van der Waals surface area contributed by atoms with Crippen LogP contribution in [0.3, 0.4) is 0 Å². The zero-order valence-electron chi connectivity index (χ0n) is 16.1. The zero-order valence-corrected chi connectivity index (χ0v) is 16.1. The van der Waals surface area contributed by atoms with Crippen LogP contribution in [0.5, 0.6) is 0 Å². The Labute approximate surface area is 156 Å². The summed E-state index contributed by atoms with van der Waals surface area (Å²) in [6.45, 7) is 4.27. The Bertz CT molecular complexity index is 676. The number of likely N-dealkylation sites (N-methyl/N-ethyl adjacent to an activating group) is 2. The van der Waals surface area contributed by atoms with E-state index in [1.165, 1.54) is 11.1 Å². The highest BCUT2D eigenvalue weighted by Crippen LogP contribution is 2.43. The normalized spacial score (nSPS) is 21.4. The first kappa shape index (κ1) is 18.5. The molecule has 1 N–H and O–H groups in total. The number of hydrogen-bond donors (Lipinski definition) is 1. The van der Waals surface area contributed by atoms with E-state index in [2.05, 4.69) is 98.4 Å². The molecule has 26 heavy (non-hydrogen) atoms. The van der Waals surface area contributed by atoms with Crippen LogP contribution in [-0.4, -0.2) is 47.6 Å². The van der Waals surface area contributed by atoms with Gasteiger partial charge in [-0.25, -0.2) is 4.99 Å². The SMILES string of the molecule is CC(C)[C@H](CO)N=C1N(C)[C@@H](c2ccccc2)[C@H](c2ccccc2)N1C. The van der Waals surface area contributed by atoms with Crippen LogP contribution in [0.4, 0.5) is 0 Å². The lowest BCUT2D eigenvalue weighted by Crippen LogP contribution is -2.33. The molecule has 3 rings (SSSR count). The molecule has 1 aliphatic rings. The van der Waals surface area contributed by atoms with Gasteiger partial charge < -0.3 is 14.9 Å². The molecule has 0 amide bonds. The number of guanidine groups is 1. The van der Waals surface area contributed by atoms with E-state index < -0.39 is 0 Å². The predicted molar refractivity (Wildman–Crippen MR) is 107 cm³/mol. The van der Waals surface area contributed by atoms with Crippen molar-refractivity contribution in [2.45, 2.75) is 32.0 Å². The van der Waals surface area contributed by atoms with Crippen LogP contribution >= 0.6 is 0 Å². The van der Waals surface area contributed by atoms with Gasteiger partial charge in [-0.05, 0) is 17.0 Å². The maximum Gasteiger partial charge on any atom is 0.197 e. The summed E-state index contributed by atoms with van der Waals surface area (Å²) in [5.41, 5.74) is 2.54. The van der Waals surface area contributed by atoms with Gasteiger partial charge in [0.05, 0.1) is 24.7 Å². The lowest BCUT2D eigenvalue weighted by molar-refractivity contribution is 0.237. The molecular formula is C22H29N3O. The molecule has 4 nitrogen and oxygen atoms in total. The second-order valence-corrected chi connectivity index (χ2v) is 7.36. The highest BCUT2D eigenvalue weighted by atomic mass is 16.3. The van der Waals surface area contributed by atoms with Crippen LogP contribution in [0.2, 0.25) is 0 Å². The molecule has 1 heterocycles. The molecule has 0 spiro atoms. The van der Waals surface area contributed by atoms with Gasteiger partial charge in [0.1, 0.15) is 0 Å². The summed E-state index contributed by atoms with van der Waals surface area (Å²) in [4.78, 5) is 9.42. The van der Waals surface area contributed by atoms with Crippen LogP contribution in [0.15, 0.2) is 65.7 Å². The quantitative estimate of drug-likeness (QED) is 0.892. The van der Waals surface area contributed by atoms with Gasteiger partial charge in [0.25, 0.3) is 0 Å². The minimum Gasteiger partial charge on any atom is -0.394 e. The van der Waals surface area contributed by atoms with Crippen molar-refractivity contribution in [1.82, 2.24) is 9.80 Å². The number of benzene rings is 2. The van der Waals surface area contributed by atoms with E-state index in [0.717, 1.165) is 5.96 Å². The van der Waals surface area contributed by atoms with E-state index in [1.54, 1.807) is 0 Å². The molecule has 0 saturated carbocycles. The Kier molecular flexibility index (Phi) is 5.62. The molecule has 0 radical (unpaired) electrons. The Morgan fingerprint density at radius 2 is 1.27 bits per heavy atom. The molecule has 2 aromatic rings. The average molecular weight is 351 g/mol. The Morgan fingerprint density at radius 3 is 1.62 bits per heavy atom. The first-order valence-corrected chi connectivity index (χ1v) is 9.28. The number of aliphatic imine (C=N–C) groups is 1. The molecule has 1 aliphatic heterocycles. The van der Waals surface area contributed by atoms with Crippen LogP contribution < -0.4 is 0 Å². The summed E-state index contributed by atoms with van der Waals surface area (Å²) in [5, 5.41) is 9.75. The minimum atomic E-state index is -0.0964. The maximum atomic E-state index is 9.75. The van der Waals surface area contributed by atoms with Crippen molar-refractivity contribution >= 4 is 5.96 Å². The van der Waals surface area contributed by atoms with Crippen molar-refractivity contribution in [3.63, 3.8) is 0 Å². The van der Waals surface area contributed by atoms with Gasteiger partial charge in [0, 0.05) is 14.1 Å². The Hall–Kier alpha value is -2.33. The van der Waals surface area contributed by atoms with E-state index in [0.29, 0.717) is 5.92 Å². The second kappa shape index (κ2) is 7.92. The molecule has 4 heteroatoms. The Balaban J connectivity index is 2.07. The van der Waals surface area contributed by atoms with Crippen molar-refractivity contribution in [3.05, 3.63) is 71.8 Å². The van der Waals surface area contributed by atoms with Gasteiger partial charge in [0.2, 0.25) is 0 Å². The van der Waals surface area contributed by atoms with E-state index in [1.807, 2.05) is 0 Å². The van der Waals surface area contributed by atoms with Crippen molar-refractivity contribution in [1.29, 1.82) is 0 Å². The second-order valence-electron chi connectivity index (χ2n) is 7.36. The minimum absolute atomic E-state index is 0.0643. The molecule has 0 bridgehead atoms. The third kappa shape index (κ3) is 3.47. The van der Waals surface area contributed by atoms with Crippen LogP contribution in [0.25, 0.3) is 0 Å². The van der Waals surface area contributed by atoms with Crippen LogP contribution in [0, 0.1) is 5.92 Å². The fourth-order valence-electron chi connectivity index (χ4n) is 3.76. The van der Waals surface area contributed by atoms with E-state index in [4.69, 9.17) is 4.99 Å². The smallest absolute Gasteiger partial charge is 0.197 e. The third-order valence-corrected chi connectivity index (χ3v) is 5.28. The average Bonchev–Trinajstić information content (AvgIpc) is 2.91. The van der Waals surface area contributed by atoms with Crippen LogP contribution in [0.1, 0.15) is 37.1 Å². The van der Waals surface area contributed by atoms with Crippen molar-refractivity contribution < 1.29 is 5.11 Å². The number of aliphatic hydroxyl groups is 1. The molecule has 1 fully saturated rings.